The summed E-state index contributed by atoms with van der Waals surface area (Å²) in [5.41, 5.74) is 0.894. The van der Waals surface area contributed by atoms with Crippen LogP contribution < -0.4 is 4.74 Å². The van der Waals surface area contributed by atoms with Crippen LogP contribution in [-0.2, 0) is 11.2 Å². The molecule has 0 fully saturated rings. The van der Waals surface area contributed by atoms with E-state index in [0.717, 1.165) is 11.6 Å². The van der Waals surface area contributed by atoms with Crippen LogP contribution in [0.1, 0.15) is 15.9 Å². The number of hydrogen-bond acceptors (Lipinski definition) is 3. The molecule has 1 aromatic carbocycles. The number of benzene rings is 1. The van der Waals surface area contributed by atoms with Crippen LogP contribution in [0.3, 0.4) is 0 Å². The second-order valence-electron chi connectivity index (χ2n) is 3.03. The SMILES string of the molecule is COC(=O)c1cc(F)cc2c1OCC2. The number of esters is 1. The first-order valence-electron chi connectivity index (χ1n) is 4.26. The number of rotatable bonds is 1. The number of fused-ring (bicyclic) bond motifs is 1. The zero-order chi connectivity index (χ0) is 10.1. The lowest BCUT2D eigenvalue weighted by atomic mass is 10.1. The number of ether oxygens (including phenoxy) is 2. The predicted octanol–water partition coefficient (Wildman–Crippen LogP) is 1.55. The normalized spacial score (nSPS) is 13.3. The van der Waals surface area contributed by atoms with E-state index < -0.39 is 11.8 Å². The van der Waals surface area contributed by atoms with Gasteiger partial charge in [-0.15, -0.1) is 0 Å². The Bertz CT molecular complexity index is 387. The Morgan fingerprint density at radius 2 is 2.36 bits per heavy atom. The van der Waals surface area contributed by atoms with Crippen molar-refractivity contribution in [2.24, 2.45) is 0 Å². The Hall–Kier alpha value is -1.58. The van der Waals surface area contributed by atoms with Gasteiger partial charge in [-0.2, -0.15) is 0 Å². The summed E-state index contributed by atoms with van der Waals surface area (Å²) in [6.45, 7) is 0.489. The van der Waals surface area contributed by atoms with Gasteiger partial charge in [0.15, 0.2) is 0 Å². The lowest BCUT2D eigenvalue weighted by Crippen LogP contribution is -2.04. The van der Waals surface area contributed by atoms with Crippen molar-refractivity contribution < 1.29 is 18.7 Å². The molecule has 0 radical (unpaired) electrons. The highest BCUT2D eigenvalue weighted by Crippen LogP contribution is 2.30. The van der Waals surface area contributed by atoms with Gasteiger partial charge in [-0.05, 0) is 12.1 Å². The van der Waals surface area contributed by atoms with E-state index in [2.05, 4.69) is 4.74 Å². The number of carbonyl (C=O) groups is 1. The minimum absolute atomic E-state index is 0.167. The summed E-state index contributed by atoms with van der Waals surface area (Å²) in [5, 5.41) is 0. The van der Waals surface area contributed by atoms with Gasteiger partial charge in [0.25, 0.3) is 0 Å². The van der Waals surface area contributed by atoms with Crippen LogP contribution in [0.4, 0.5) is 4.39 Å². The van der Waals surface area contributed by atoms with Crippen molar-refractivity contribution in [3.8, 4) is 5.75 Å². The maximum Gasteiger partial charge on any atom is 0.341 e. The average molecular weight is 196 g/mol. The minimum Gasteiger partial charge on any atom is -0.492 e. The van der Waals surface area contributed by atoms with Gasteiger partial charge in [-0.1, -0.05) is 0 Å². The third-order valence-electron chi connectivity index (χ3n) is 2.15. The first kappa shape index (κ1) is 8.99. The van der Waals surface area contributed by atoms with E-state index in [9.17, 15) is 9.18 Å². The zero-order valence-electron chi connectivity index (χ0n) is 7.67. The molecule has 2 rings (SSSR count). The molecular formula is C10H9FO3. The fourth-order valence-electron chi connectivity index (χ4n) is 1.53. The van der Waals surface area contributed by atoms with Crippen LogP contribution in [0.15, 0.2) is 12.1 Å². The molecule has 0 aromatic heterocycles. The van der Waals surface area contributed by atoms with E-state index in [1.54, 1.807) is 0 Å². The lowest BCUT2D eigenvalue weighted by Gasteiger charge is -2.05. The highest BCUT2D eigenvalue weighted by atomic mass is 19.1. The smallest absolute Gasteiger partial charge is 0.341 e. The highest BCUT2D eigenvalue weighted by Gasteiger charge is 2.22. The molecule has 1 aromatic rings. The second kappa shape index (κ2) is 3.29. The first-order chi connectivity index (χ1) is 6.72. The Morgan fingerprint density at radius 1 is 1.57 bits per heavy atom. The van der Waals surface area contributed by atoms with Gasteiger partial charge < -0.3 is 9.47 Å². The number of halogens is 1. The Morgan fingerprint density at radius 3 is 3.07 bits per heavy atom. The molecule has 4 heteroatoms. The molecule has 74 valence electrons. The van der Waals surface area contributed by atoms with Crippen LogP contribution in [0.25, 0.3) is 0 Å². The average Bonchev–Trinajstić information content (AvgIpc) is 2.62. The molecule has 0 saturated carbocycles. The molecule has 1 aliphatic rings. The number of hydrogen-bond donors (Lipinski definition) is 0. The van der Waals surface area contributed by atoms with Gasteiger partial charge in [-0.3, -0.25) is 0 Å². The summed E-state index contributed by atoms with van der Waals surface area (Å²) < 4.78 is 22.8. The van der Waals surface area contributed by atoms with Crippen molar-refractivity contribution >= 4 is 5.97 Å². The van der Waals surface area contributed by atoms with Crippen molar-refractivity contribution in [3.05, 3.63) is 29.1 Å². The summed E-state index contributed by atoms with van der Waals surface area (Å²) >= 11 is 0. The van der Waals surface area contributed by atoms with Gasteiger partial charge in [0.05, 0.1) is 13.7 Å². The molecule has 0 amide bonds. The van der Waals surface area contributed by atoms with Gasteiger partial charge in [0, 0.05) is 12.0 Å². The van der Waals surface area contributed by atoms with Crippen molar-refractivity contribution in [2.75, 3.05) is 13.7 Å². The van der Waals surface area contributed by atoms with Crippen LogP contribution in [-0.4, -0.2) is 19.7 Å². The lowest BCUT2D eigenvalue weighted by molar-refractivity contribution is 0.0596. The van der Waals surface area contributed by atoms with Crippen molar-refractivity contribution in [1.29, 1.82) is 0 Å². The van der Waals surface area contributed by atoms with Crippen molar-refractivity contribution in [3.63, 3.8) is 0 Å². The van der Waals surface area contributed by atoms with Crippen LogP contribution in [0, 0.1) is 5.82 Å². The van der Waals surface area contributed by atoms with Gasteiger partial charge >= 0.3 is 5.97 Å². The molecule has 1 aliphatic heterocycles. The molecule has 0 N–H and O–H groups in total. The molecule has 1 heterocycles. The first-order valence-corrected chi connectivity index (χ1v) is 4.26. The molecular weight excluding hydrogens is 187 g/mol. The van der Waals surface area contributed by atoms with Crippen LogP contribution >= 0.6 is 0 Å². The fourth-order valence-corrected chi connectivity index (χ4v) is 1.53. The van der Waals surface area contributed by atoms with E-state index in [1.807, 2.05) is 0 Å². The summed E-state index contributed by atoms with van der Waals surface area (Å²) in [7, 11) is 1.26. The maximum absolute atomic E-state index is 13.1. The van der Waals surface area contributed by atoms with Crippen molar-refractivity contribution in [1.82, 2.24) is 0 Å². The summed E-state index contributed by atoms with van der Waals surface area (Å²) in [4.78, 5) is 11.3. The number of methoxy groups -OCH3 is 1. The van der Waals surface area contributed by atoms with E-state index in [0.29, 0.717) is 18.8 Å². The van der Waals surface area contributed by atoms with E-state index in [-0.39, 0.29) is 5.56 Å². The van der Waals surface area contributed by atoms with Gasteiger partial charge in [0.2, 0.25) is 0 Å². The van der Waals surface area contributed by atoms with E-state index in [1.165, 1.54) is 13.2 Å². The zero-order valence-corrected chi connectivity index (χ0v) is 7.67. The van der Waals surface area contributed by atoms with Gasteiger partial charge in [0.1, 0.15) is 17.1 Å². The third kappa shape index (κ3) is 1.32. The second-order valence-corrected chi connectivity index (χ2v) is 3.03. The predicted molar refractivity (Wildman–Crippen MR) is 46.9 cm³/mol. The highest BCUT2D eigenvalue weighted by molar-refractivity contribution is 5.93. The molecule has 14 heavy (non-hydrogen) atoms. The molecule has 3 nitrogen and oxygen atoms in total. The Labute approximate surface area is 80.4 Å². The topological polar surface area (TPSA) is 35.5 Å². The molecule has 0 spiro atoms. The minimum atomic E-state index is -0.567. The third-order valence-corrected chi connectivity index (χ3v) is 2.15. The summed E-state index contributed by atoms with van der Waals surface area (Å²) in [6.07, 6.45) is 0.636. The van der Waals surface area contributed by atoms with E-state index in [4.69, 9.17) is 4.74 Å². The largest absolute Gasteiger partial charge is 0.492 e. The quantitative estimate of drug-likeness (QED) is 0.639. The standard InChI is InChI=1S/C10H9FO3/c1-13-10(12)8-5-7(11)4-6-2-3-14-9(6)8/h4-5H,2-3H2,1H3. The molecule has 0 aliphatic carbocycles. The van der Waals surface area contributed by atoms with E-state index >= 15 is 0 Å². The monoisotopic (exact) mass is 196 g/mol. The molecule has 0 saturated heterocycles. The van der Waals surface area contributed by atoms with Crippen molar-refractivity contribution in [2.45, 2.75) is 6.42 Å². The Balaban J connectivity index is 2.54. The van der Waals surface area contributed by atoms with Crippen LogP contribution in [0.2, 0.25) is 0 Å². The molecule has 0 unspecified atom stereocenters. The Kier molecular flexibility index (Phi) is 2.11. The number of carbonyl (C=O) groups excluding carboxylic acids is 1. The van der Waals surface area contributed by atoms with Crippen LogP contribution in [0.5, 0.6) is 5.75 Å². The maximum atomic E-state index is 13.1. The molecule has 0 bridgehead atoms. The van der Waals surface area contributed by atoms with Gasteiger partial charge in [-0.25, -0.2) is 9.18 Å². The summed E-state index contributed by atoms with van der Waals surface area (Å²) in [5.74, 6) is -0.546. The fraction of sp³-hybridized carbons (Fsp3) is 0.300. The summed E-state index contributed by atoms with van der Waals surface area (Å²) in [6, 6.07) is 2.52. The molecule has 0 atom stereocenters.